The Bertz CT molecular complexity index is 130. The van der Waals surface area contributed by atoms with Crippen molar-refractivity contribution in [3.05, 3.63) is 0 Å². The van der Waals surface area contributed by atoms with Crippen molar-refractivity contribution in [2.75, 3.05) is 19.7 Å². The van der Waals surface area contributed by atoms with Crippen LogP contribution in [0.4, 0.5) is 0 Å². The van der Waals surface area contributed by atoms with Gasteiger partial charge in [0.15, 0.2) is 0 Å². The molecule has 0 aromatic carbocycles. The molecule has 0 spiro atoms. The molecule has 2 nitrogen and oxygen atoms in total. The number of rotatable bonds is 1. The summed E-state index contributed by atoms with van der Waals surface area (Å²) in [6.07, 6.45) is 5.04. The molecular formula is C8H15NOY. The second-order valence-corrected chi connectivity index (χ2v) is 3.58. The van der Waals surface area contributed by atoms with Crippen LogP contribution in [0.3, 0.4) is 0 Å². The van der Waals surface area contributed by atoms with Crippen LogP contribution in [0.25, 0.3) is 0 Å². The molecular weight excluding hydrogens is 215 g/mol. The number of hydrogen-bond donors (Lipinski definition) is 1. The van der Waals surface area contributed by atoms with E-state index in [1.54, 1.807) is 0 Å². The molecule has 11 heavy (non-hydrogen) atoms. The molecule has 0 unspecified atom stereocenters. The van der Waals surface area contributed by atoms with E-state index in [9.17, 15) is 5.11 Å². The molecule has 2 aliphatic heterocycles. The van der Waals surface area contributed by atoms with Crippen molar-refractivity contribution in [2.24, 2.45) is 0 Å². The summed E-state index contributed by atoms with van der Waals surface area (Å²) in [6, 6.07) is 0. The van der Waals surface area contributed by atoms with Crippen LogP contribution in [-0.2, 0) is 32.7 Å². The molecule has 0 atom stereocenters. The predicted molar refractivity (Wildman–Crippen MR) is 39.9 cm³/mol. The van der Waals surface area contributed by atoms with Crippen molar-refractivity contribution in [1.82, 2.24) is 4.90 Å². The zero-order valence-electron chi connectivity index (χ0n) is 6.92. The zero-order chi connectivity index (χ0) is 7.03. The van der Waals surface area contributed by atoms with E-state index in [0.717, 1.165) is 0 Å². The Morgan fingerprint density at radius 3 is 2.09 bits per heavy atom. The smallest absolute Gasteiger partial charge is 0.0615 e. The van der Waals surface area contributed by atoms with Gasteiger partial charge in [0, 0.05) is 38.2 Å². The van der Waals surface area contributed by atoms with E-state index in [-0.39, 0.29) is 38.2 Å². The molecule has 2 rings (SSSR count). The van der Waals surface area contributed by atoms with Crippen molar-refractivity contribution in [3.63, 3.8) is 0 Å². The topological polar surface area (TPSA) is 23.5 Å². The summed E-state index contributed by atoms with van der Waals surface area (Å²) in [7, 11) is 0. The van der Waals surface area contributed by atoms with Crippen molar-refractivity contribution in [2.45, 2.75) is 31.2 Å². The van der Waals surface area contributed by atoms with Crippen molar-refractivity contribution in [3.8, 4) is 0 Å². The minimum absolute atomic E-state index is 0. The fraction of sp³-hybridized carbons (Fsp3) is 1.00. The van der Waals surface area contributed by atoms with Gasteiger partial charge in [0.2, 0.25) is 0 Å². The third-order valence-electron chi connectivity index (χ3n) is 3.11. The molecule has 0 amide bonds. The number of nitrogens with zero attached hydrogens (tertiary/aromatic N) is 1. The molecule has 0 aromatic rings. The summed E-state index contributed by atoms with van der Waals surface area (Å²) < 4.78 is 0. The number of hydrogen-bond acceptors (Lipinski definition) is 2. The molecule has 0 aromatic heterocycles. The van der Waals surface area contributed by atoms with Crippen molar-refractivity contribution < 1.29 is 37.8 Å². The number of aliphatic hydroxyl groups is 1. The van der Waals surface area contributed by atoms with Gasteiger partial charge in [-0.2, -0.15) is 0 Å². The average Bonchev–Trinajstić information content (AvgIpc) is 2.42. The van der Waals surface area contributed by atoms with E-state index in [1.807, 2.05) is 0 Å². The Balaban J connectivity index is 0.000000605. The molecule has 1 N–H and O–H groups in total. The van der Waals surface area contributed by atoms with Crippen molar-refractivity contribution in [1.29, 1.82) is 0 Å². The first-order valence-corrected chi connectivity index (χ1v) is 4.23. The first-order chi connectivity index (χ1) is 4.87. The van der Waals surface area contributed by atoms with Gasteiger partial charge in [-0.3, -0.25) is 4.90 Å². The summed E-state index contributed by atoms with van der Waals surface area (Å²) in [6.45, 7) is 2.83. The summed E-state index contributed by atoms with van der Waals surface area (Å²) in [5.41, 5.74) is 0.236. The molecule has 3 heteroatoms. The van der Waals surface area contributed by atoms with Crippen molar-refractivity contribution >= 4 is 0 Å². The maximum absolute atomic E-state index is 9.19. The molecule has 0 saturated carbocycles. The standard InChI is InChI=1S/C8H15NO.Y/c10-7-8-3-1-5-9(8)6-2-4-8;/h10H,1-7H2;. The summed E-state index contributed by atoms with van der Waals surface area (Å²) >= 11 is 0. The SMILES string of the molecule is OCC12CCCN1CCC2.[Y]. The van der Waals surface area contributed by atoms with Crippen LogP contribution in [0.1, 0.15) is 25.7 Å². The minimum Gasteiger partial charge on any atom is -0.394 e. The van der Waals surface area contributed by atoms with E-state index in [4.69, 9.17) is 0 Å². The van der Waals surface area contributed by atoms with Gasteiger partial charge in [0.1, 0.15) is 0 Å². The molecule has 2 saturated heterocycles. The first kappa shape index (κ1) is 10.1. The Morgan fingerprint density at radius 1 is 1.18 bits per heavy atom. The molecule has 2 heterocycles. The van der Waals surface area contributed by atoms with Gasteiger partial charge in [0.05, 0.1) is 6.61 Å². The average molecular weight is 230 g/mol. The van der Waals surface area contributed by atoms with E-state index in [0.29, 0.717) is 6.61 Å². The molecule has 2 aliphatic rings. The van der Waals surface area contributed by atoms with Crippen LogP contribution in [0.15, 0.2) is 0 Å². The normalized spacial score (nSPS) is 28.1. The quantitative estimate of drug-likeness (QED) is 0.713. The Morgan fingerprint density at radius 2 is 1.73 bits per heavy atom. The van der Waals surface area contributed by atoms with Crippen LogP contribution in [-0.4, -0.2) is 35.2 Å². The van der Waals surface area contributed by atoms with Gasteiger partial charge in [-0.05, 0) is 38.8 Å². The first-order valence-electron chi connectivity index (χ1n) is 4.23. The van der Waals surface area contributed by atoms with E-state index < -0.39 is 0 Å². The maximum atomic E-state index is 9.19. The molecule has 61 valence electrons. The summed E-state index contributed by atoms with van der Waals surface area (Å²) in [5.74, 6) is 0. The summed E-state index contributed by atoms with van der Waals surface area (Å²) in [4.78, 5) is 2.47. The van der Waals surface area contributed by atoms with Gasteiger partial charge < -0.3 is 5.11 Å². The van der Waals surface area contributed by atoms with Gasteiger partial charge in [-0.15, -0.1) is 0 Å². The Kier molecular flexibility index (Phi) is 3.51. The van der Waals surface area contributed by atoms with E-state index in [1.165, 1.54) is 38.8 Å². The van der Waals surface area contributed by atoms with Gasteiger partial charge in [-0.25, -0.2) is 0 Å². The van der Waals surface area contributed by atoms with Gasteiger partial charge in [0.25, 0.3) is 0 Å². The number of aliphatic hydroxyl groups excluding tert-OH is 1. The molecule has 0 aliphatic carbocycles. The molecule has 1 radical (unpaired) electrons. The third-order valence-corrected chi connectivity index (χ3v) is 3.11. The van der Waals surface area contributed by atoms with Crippen LogP contribution < -0.4 is 0 Å². The van der Waals surface area contributed by atoms with Gasteiger partial charge >= 0.3 is 0 Å². The minimum atomic E-state index is 0. The predicted octanol–water partition coefficient (Wildman–Crippen LogP) is 0.605. The second-order valence-electron chi connectivity index (χ2n) is 3.58. The Hall–Kier alpha value is 1.02. The van der Waals surface area contributed by atoms with E-state index >= 15 is 0 Å². The molecule has 0 bridgehead atoms. The molecule has 2 fully saturated rings. The largest absolute Gasteiger partial charge is 0.394 e. The Labute approximate surface area is 93.2 Å². The van der Waals surface area contributed by atoms with Crippen LogP contribution in [0, 0.1) is 0 Å². The monoisotopic (exact) mass is 230 g/mol. The fourth-order valence-corrected chi connectivity index (χ4v) is 2.48. The van der Waals surface area contributed by atoms with Crippen LogP contribution >= 0.6 is 0 Å². The van der Waals surface area contributed by atoms with E-state index in [2.05, 4.69) is 4.90 Å². The third kappa shape index (κ3) is 1.56. The summed E-state index contributed by atoms with van der Waals surface area (Å²) in [5, 5.41) is 9.19. The zero-order valence-corrected chi connectivity index (χ0v) is 9.76. The maximum Gasteiger partial charge on any atom is 0.0615 e. The fourth-order valence-electron chi connectivity index (χ4n) is 2.48. The van der Waals surface area contributed by atoms with Gasteiger partial charge in [-0.1, -0.05) is 0 Å². The second kappa shape index (κ2) is 3.82. The number of fused-ring (bicyclic) bond motifs is 1. The van der Waals surface area contributed by atoms with Crippen LogP contribution in [0.2, 0.25) is 0 Å². The van der Waals surface area contributed by atoms with Crippen LogP contribution in [0.5, 0.6) is 0 Å².